The normalized spacial score (nSPS) is 13.3. The number of nitrogens with zero attached hydrogens (tertiary/aromatic N) is 3. The van der Waals surface area contributed by atoms with Crippen LogP contribution in [0.2, 0.25) is 0 Å². The van der Waals surface area contributed by atoms with Crippen molar-refractivity contribution in [3.05, 3.63) is 0 Å². The van der Waals surface area contributed by atoms with Crippen molar-refractivity contribution in [2.75, 3.05) is 38.5 Å². The molecule has 29 heavy (non-hydrogen) atoms. The monoisotopic (exact) mass is 469 g/mol. The van der Waals surface area contributed by atoms with E-state index in [4.69, 9.17) is 15.0 Å². The standard InChI is InChI=1S/C19H44N5O2PS2/c1-15(2)23(16(3)4)27(24(17(5)6)18(7)8)26-12-11-25-14-29-28-13-10-22-19(20)21-9/h15-18H,10-14H2,1-9H3,(H3,20,21,22). The van der Waals surface area contributed by atoms with Gasteiger partial charge in [-0.25, -0.2) is 9.34 Å². The first-order valence-corrected chi connectivity index (χ1v) is 14.1. The molecule has 0 atom stereocenters. The van der Waals surface area contributed by atoms with E-state index in [9.17, 15) is 0 Å². The fraction of sp³-hybridized carbons (Fsp3) is 0.947. The van der Waals surface area contributed by atoms with Gasteiger partial charge in [-0.05, 0) is 55.4 Å². The van der Waals surface area contributed by atoms with Crippen LogP contribution in [0.5, 0.6) is 0 Å². The molecule has 0 amide bonds. The van der Waals surface area contributed by atoms with Crippen molar-refractivity contribution in [3.8, 4) is 0 Å². The molecule has 0 aromatic carbocycles. The van der Waals surface area contributed by atoms with Crippen LogP contribution in [-0.2, 0) is 9.26 Å². The van der Waals surface area contributed by atoms with Crippen molar-refractivity contribution in [2.24, 2.45) is 10.7 Å². The van der Waals surface area contributed by atoms with Gasteiger partial charge in [0.1, 0.15) is 5.94 Å². The van der Waals surface area contributed by atoms with Gasteiger partial charge in [0.15, 0.2) is 14.4 Å². The van der Waals surface area contributed by atoms with Crippen LogP contribution in [0.1, 0.15) is 55.4 Å². The maximum absolute atomic E-state index is 6.43. The maximum atomic E-state index is 6.43. The van der Waals surface area contributed by atoms with Gasteiger partial charge in [-0.15, -0.1) is 0 Å². The van der Waals surface area contributed by atoms with E-state index in [1.165, 1.54) is 0 Å². The van der Waals surface area contributed by atoms with Gasteiger partial charge >= 0.3 is 0 Å². The summed E-state index contributed by atoms with van der Waals surface area (Å²) in [5.41, 5.74) is 5.59. The lowest BCUT2D eigenvalue weighted by atomic mass is 10.3. The number of ether oxygens (including phenoxy) is 1. The molecule has 0 bridgehead atoms. The molecular weight excluding hydrogens is 425 g/mol. The minimum Gasteiger partial charge on any atom is -0.370 e. The van der Waals surface area contributed by atoms with Gasteiger partial charge in [-0.3, -0.25) is 4.99 Å². The summed E-state index contributed by atoms with van der Waals surface area (Å²) in [6.07, 6.45) is 0. The summed E-state index contributed by atoms with van der Waals surface area (Å²) in [7, 11) is 4.30. The van der Waals surface area contributed by atoms with Crippen molar-refractivity contribution in [1.29, 1.82) is 0 Å². The first-order chi connectivity index (χ1) is 13.6. The van der Waals surface area contributed by atoms with E-state index in [0.29, 0.717) is 49.3 Å². The highest BCUT2D eigenvalue weighted by molar-refractivity contribution is 8.76. The van der Waals surface area contributed by atoms with E-state index in [-0.39, 0.29) is 0 Å². The SMILES string of the molecule is CN=C(N)NCCSSCOCCOP(N(C(C)C)C(C)C)N(C(C)C)C(C)C. The lowest BCUT2D eigenvalue weighted by Gasteiger charge is -2.45. The summed E-state index contributed by atoms with van der Waals surface area (Å²) < 4.78 is 17.2. The Kier molecular flexibility index (Phi) is 17.0. The second-order valence-corrected chi connectivity index (χ2v) is 11.9. The van der Waals surface area contributed by atoms with Crippen LogP contribution in [0.15, 0.2) is 4.99 Å². The van der Waals surface area contributed by atoms with Crippen molar-refractivity contribution >= 4 is 36.0 Å². The van der Waals surface area contributed by atoms with Gasteiger partial charge in [0.25, 0.3) is 0 Å². The summed E-state index contributed by atoms with van der Waals surface area (Å²) in [6.45, 7) is 20.0. The smallest absolute Gasteiger partial charge is 0.189 e. The first kappa shape index (κ1) is 29.2. The molecule has 0 fully saturated rings. The van der Waals surface area contributed by atoms with Crippen LogP contribution >= 0.6 is 30.0 Å². The predicted octanol–water partition coefficient (Wildman–Crippen LogP) is 4.36. The molecule has 10 heteroatoms. The van der Waals surface area contributed by atoms with Gasteiger partial charge in [0, 0.05) is 43.5 Å². The highest BCUT2D eigenvalue weighted by Gasteiger charge is 2.34. The van der Waals surface area contributed by atoms with Crippen molar-refractivity contribution in [2.45, 2.75) is 79.6 Å². The zero-order valence-corrected chi connectivity index (χ0v) is 22.4. The molecule has 0 aliphatic rings. The molecule has 0 saturated heterocycles. The third kappa shape index (κ3) is 12.6. The molecule has 0 aromatic rings. The minimum atomic E-state index is -0.843. The third-order valence-corrected chi connectivity index (χ3v) is 9.03. The number of nitrogens with one attached hydrogen (secondary N) is 1. The third-order valence-electron chi connectivity index (χ3n) is 3.89. The molecule has 0 unspecified atom stereocenters. The largest absolute Gasteiger partial charge is 0.370 e. The Hall–Kier alpha value is 0.240. The lowest BCUT2D eigenvalue weighted by Crippen LogP contribution is -2.43. The number of nitrogens with two attached hydrogens (primary N) is 1. The molecule has 0 heterocycles. The number of guanidine groups is 1. The summed E-state index contributed by atoms with van der Waals surface area (Å²) in [5.74, 6) is 2.08. The van der Waals surface area contributed by atoms with E-state index in [1.807, 2.05) is 0 Å². The van der Waals surface area contributed by atoms with E-state index >= 15 is 0 Å². The zero-order chi connectivity index (χ0) is 22.4. The van der Waals surface area contributed by atoms with Gasteiger partial charge in [0.2, 0.25) is 0 Å². The molecule has 0 spiro atoms. The molecule has 0 aliphatic carbocycles. The molecule has 174 valence electrons. The van der Waals surface area contributed by atoms with Crippen LogP contribution in [-0.4, -0.2) is 78.0 Å². The Labute approximate surface area is 188 Å². The van der Waals surface area contributed by atoms with E-state index in [0.717, 1.165) is 12.3 Å². The van der Waals surface area contributed by atoms with Crippen LogP contribution in [0.25, 0.3) is 0 Å². The molecule has 0 rings (SSSR count). The Morgan fingerprint density at radius 3 is 1.90 bits per heavy atom. The molecule has 0 aliphatic heterocycles. The van der Waals surface area contributed by atoms with Crippen LogP contribution in [0, 0.1) is 0 Å². The van der Waals surface area contributed by atoms with Gasteiger partial charge < -0.3 is 20.3 Å². The molecule has 7 nitrogen and oxygen atoms in total. The number of hydrogen-bond acceptors (Lipinski definition) is 7. The first-order valence-electron chi connectivity index (χ1n) is 10.4. The second-order valence-electron chi connectivity index (χ2n) is 7.72. The number of rotatable bonds is 16. The topological polar surface area (TPSA) is 75.3 Å². The second kappa shape index (κ2) is 16.9. The fourth-order valence-corrected chi connectivity index (χ4v) is 6.79. The Balaban J connectivity index is 4.40. The predicted molar refractivity (Wildman–Crippen MR) is 134 cm³/mol. The zero-order valence-electron chi connectivity index (χ0n) is 19.8. The quantitative estimate of drug-likeness (QED) is 0.0863. The van der Waals surface area contributed by atoms with E-state index in [2.05, 4.69) is 75.0 Å². The van der Waals surface area contributed by atoms with Gasteiger partial charge in [0.05, 0.1) is 13.2 Å². The van der Waals surface area contributed by atoms with E-state index < -0.39 is 8.45 Å². The highest BCUT2D eigenvalue weighted by Crippen LogP contribution is 2.50. The molecule has 0 aromatic heterocycles. The average molecular weight is 470 g/mol. The Morgan fingerprint density at radius 1 is 0.931 bits per heavy atom. The highest BCUT2D eigenvalue weighted by atomic mass is 33.1. The van der Waals surface area contributed by atoms with Crippen LogP contribution in [0.3, 0.4) is 0 Å². The maximum Gasteiger partial charge on any atom is 0.189 e. The number of aliphatic imine (C=N–C) groups is 1. The molecular formula is C19H44N5O2PS2. The average Bonchev–Trinajstić information content (AvgIpc) is 2.61. The number of hydrogen-bond donors (Lipinski definition) is 2. The Bertz CT molecular complexity index is 407. The summed E-state index contributed by atoms with van der Waals surface area (Å²) in [4.78, 5) is 3.86. The molecule has 0 saturated carbocycles. The fourth-order valence-electron chi connectivity index (χ4n) is 2.90. The van der Waals surface area contributed by atoms with Crippen LogP contribution < -0.4 is 11.1 Å². The van der Waals surface area contributed by atoms with Crippen molar-refractivity contribution in [1.82, 2.24) is 14.7 Å². The summed E-state index contributed by atoms with van der Waals surface area (Å²) in [5, 5.41) is 3.04. The molecule has 3 N–H and O–H groups in total. The van der Waals surface area contributed by atoms with Gasteiger partial charge in [-0.2, -0.15) is 0 Å². The van der Waals surface area contributed by atoms with Crippen LogP contribution in [0.4, 0.5) is 0 Å². The molecule has 0 radical (unpaired) electrons. The minimum absolute atomic E-state index is 0.425. The van der Waals surface area contributed by atoms with Crippen molar-refractivity contribution < 1.29 is 9.26 Å². The van der Waals surface area contributed by atoms with E-state index in [1.54, 1.807) is 28.6 Å². The Morgan fingerprint density at radius 2 is 1.45 bits per heavy atom. The summed E-state index contributed by atoms with van der Waals surface area (Å²) >= 11 is 0. The van der Waals surface area contributed by atoms with Crippen molar-refractivity contribution in [3.63, 3.8) is 0 Å². The lowest BCUT2D eigenvalue weighted by molar-refractivity contribution is 0.119. The van der Waals surface area contributed by atoms with Gasteiger partial charge in [-0.1, -0.05) is 21.6 Å². The summed E-state index contributed by atoms with van der Waals surface area (Å²) in [6, 6.07) is 1.70.